The molecular weight excluding hydrogens is 440 g/mol. The molecule has 0 radical (unpaired) electrons. The minimum absolute atomic E-state index is 0.169. The molecule has 0 fully saturated rings. The highest BCUT2D eigenvalue weighted by Gasteiger charge is 2.23. The molecule has 124 valence electrons. The lowest BCUT2D eigenvalue weighted by molar-refractivity contribution is -0.386. The molecule has 0 aliphatic heterocycles. The van der Waals surface area contributed by atoms with Crippen LogP contribution in [0.25, 0.3) is 0 Å². The van der Waals surface area contributed by atoms with Crippen molar-refractivity contribution in [3.05, 3.63) is 42.5 Å². The minimum atomic E-state index is -0.827. The zero-order valence-corrected chi connectivity index (χ0v) is 15.5. The molecule has 23 heavy (non-hydrogen) atoms. The number of nitro benzene ring substituents is 1. The number of nitrogens with one attached hydrogen (secondary N) is 1. The predicted octanol–water partition coefficient (Wildman–Crippen LogP) is 3.07. The smallest absolute Gasteiger partial charge is 0.354 e. The highest BCUT2D eigenvalue weighted by atomic mass is 79.9. The van der Waals surface area contributed by atoms with Crippen molar-refractivity contribution in [2.24, 2.45) is 0 Å². The summed E-state index contributed by atoms with van der Waals surface area (Å²) >= 11 is 6.37. The maximum Gasteiger partial charge on any atom is 0.354 e. The van der Waals surface area contributed by atoms with Gasteiger partial charge in [-0.3, -0.25) is 10.1 Å². The number of esters is 2. The van der Waals surface area contributed by atoms with Crippen LogP contribution in [0.15, 0.2) is 26.8 Å². The highest BCUT2D eigenvalue weighted by molar-refractivity contribution is 9.11. The molecule has 0 aliphatic rings. The van der Waals surface area contributed by atoms with E-state index < -0.39 is 16.9 Å². The second kappa shape index (κ2) is 8.06. The minimum Gasteiger partial charge on any atom is -0.466 e. The Hall–Kier alpha value is -1.94. The Bertz CT molecular complexity index is 702. The molecule has 0 saturated carbocycles. The van der Waals surface area contributed by atoms with Crippen LogP contribution in [0.1, 0.15) is 5.56 Å². The van der Waals surface area contributed by atoms with Gasteiger partial charge in [0.1, 0.15) is 5.70 Å². The molecule has 0 aromatic heterocycles. The van der Waals surface area contributed by atoms with Crippen molar-refractivity contribution in [3.8, 4) is 0 Å². The summed E-state index contributed by atoms with van der Waals surface area (Å²) in [6.45, 7) is 1.50. The lowest BCUT2D eigenvalue weighted by Crippen LogP contribution is -2.16. The van der Waals surface area contributed by atoms with E-state index in [1.165, 1.54) is 13.0 Å². The summed E-state index contributed by atoms with van der Waals surface area (Å²) in [6, 6.07) is 1.46. The Morgan fingerprint density at radius 1 is 1.26 bits per heavy atom. The van der Waals surface area contributed by atoms with E-state index in [-0.39, 0.29) is 27.1 Å². The number of nitro groups is 1. The van der Waals surface area contributed by atoms with E-state index in [0.717, 1.165) is 20.3 Å². The molecule has 0 spiro atoms. The highest BCUT2D eigenvalue weighted by Crippen LogP contribution is 2.39. The average Bonchev–Trinajstić information content (AvgIpc) is 2.48. The molecule has 0 heterocycles. The number of rotatable bonds is 5. The molecule has 1 rings (SSSR count). The fraction of sp³-hybridized carbons (Fsp3) is 0.231. The monoisotopic (exact) mass is 450 g/mol. The maximum absolute atomic E-state index is 11.8. The number of hydrogen-bond acceptors (Lipinski definition) is 7. The summed E-state index contributed by atoms with van der Waals surface area (Å²) in [4.78, 5) is 33.7. The lowest BCUT2D eigenvalue weighted by atomic mass is 10.1. The number of methoxy groups -OCH3 is 2. The van der Waals surface area contributed by atoms with Gasteiger partial charge in [-0.1, -0.05) is 0 Å². The number of benzene rings is 1. The number of anilines is 1. The van der Waals surface area contributed by atoms with Crippen LogP contribution in [0, 0.1) is 17.0 Å². The topological polar surface area (TPSA) is 108 Å². The third-order valence-corrected chi connectivity index (χ3v) is 3.99. The summed E-state index contributed by atoms with van der Waals surface area (Å²) in [5.41, 5.74) is 0.120. The molecule has 0 saturated heterocycles. The molecule has 0 bridgehead atoms. The number of carbonyl (C=O) groups excluding carboxylic acids is 2. The molecule has 0 amide bonds. The van der Waals surface area contributed by atoms with E-state index in [1.807, 2.05) is 0 Å². The Morgan fingerprint density at radius 2 is 1.87 bits per heavy atom. The van der Waals surface area contributed by atoms with E-state index in [4.69, 9.17) is 0 Å². The summed E-state index contributed by atoms with van der Waals surface area (Å²) in [7, 11) is 2.29. The van der Waals surface area contributed by atoms with Gasteiger partial charge >= 0.3 is 11.9 Å². The Balaban J connectivity index is 3.42. The molecule has 1 N–H and O–H groups in total. The number of nitrogens with zero attached hydrogens (tertiary/aromatic N) is 1. The van der Waals surface area contributed by atoms with Gasteiger partial charge in [0.2, 0.25) is 0 Å². The van der Waals surface area contributed by atoms with Crippen molar-refractivity contribution in [1.82, 2.24) is 0 Å². The van der Waals surface area contributed by atoms with Crippen LogP contribution >= 0.6 is 31.9 Å². The van der Waals surface area contributed by atoms with Crippen LogP contribution in [0.2, 0.25) is 0 Å². The first-order chi connectivity index (χ1) is 10.7. The van der Waals surface area contributed by atoms with Gasteiger partial charge in [0.15, 0.2) is 0 Å². The predicted molar refractivity (Wildman–Crippen MR) is 89.0 cm³/mol. The van der Waals surface area contributed by atoms with Gasteiger partial charge in [0.05, 0.1) is 40.9 Å². The largest absolute Gasteiger partial charge is 0.466 e. The Kier molecular flexibility index (Phi) is 6.70. The van der Waals surface area contributed by atoms with Gasteiger partial charge in [0.25, 0.3) is 5.69 Å². The van der Waals surface area contributed by atoms with E-state index in [1.54, 1.807) is 0 Å². The molecule has 1 aromatic carbocycles. The Morgan fingerprint density at radius 3 is 2.35 bits per heavy atom. The zero-order chi connectivity index (χ0) is 17.7. The number of ether oxygens (including phenoxy) is 2. The first-order valence-corrected chi connectivity index (χ1v) is 7.59. The molecular formula is C13H12Br2N2O6. The lowest BCUT2D eigenvalue weighted by Gasteiger charge is -2.14. The fourth-order valence-electron chi connectivity index (χ4n) is 1.67. The van der Waals surface area contributed by atoms with Gasteiger partial charge in [-0.15, -0.1) is 0 Å². The molecule has 8 nitrogen and oxygen atoms in total. The molecule has 0 aliphatic carbocycles. The van der Waals surface area contributed by atoms with Gasteiger partial charge in [0, 0.05) is 4.47 Å². The van der Waals surface area contributed by atoms with Crippen LogP contribution in [0.4, 0.5) is 11.4 Å². The third kappa shape index (κ3) is 4.52. The maximum atomic E-state index is 11.8. The van der Waals surface area contributed by atoms with Crippen molar-refractivity contribution in [2.45, 2.75) is 6.92 Å². The van der Waals surface area contributed by atoms with Crippen LogP contribution in [0.5, 0.6) is 0 Å². The van der Waals surface area contributed by atoms with Crippen LogP contribution in [0.3, 0.4) is 0 Å². The average molecular weight is 452 g/mol. The van der Waals surface area contributed by atoms with E-state index >= 15 is 0 Å². The van der Waals surface area contributed by atoms with E-state index in [0.29, 0.717) is 4.47 Å². The molecule has 10 heteroatoms. The standard InChI is InChI=1S/C13H12Br2N2O6/c1-6-11(7(14)4-8(15)12(6)17(20)21)16-9(13(19)23-3)5-10(18)22-2/h4-5,16H,1-3H3/b9-5+. The zero-order valence-electron chi connectivity index (χ0n) is 12.3. The van der Waals surface area contributed by atoms with Crippen molar-refractivity contribution >= 4 is 55.2 Å². The van der Waals surface area contributed by atoms with Crippen molar-refractivity contribution in [3.63, 3.8) is 0 Å². The quantitative estimate of drug-likeness (QED) is 0.317. The van der Waals surface area contributed by atoms with Crippen LogP contribution in [-0.2, 0) is 19.1 Å². The normalized spacial score (nSPS) is 10.9. The summed E-state index contributed by atoms with van der Waals surface area (Å²) < 4.78 is 9.76. The van der Waals surface area contributed by atoms with Gasteiger partial charge in [-0.25, -0.2) is 9.59 Å². The molecule has 1 aromatic rings. The van der Waals surface area contributed by atoms with Crippen LogP contribution < -0.4 is 5.32 Å². The van der Waals surface area contributed by atoms with Gasteiger partial charge in [-0.05, 0) is 44.8 Å². The summed E-state index contributed by atoms with van der Waals surface area (Å²) in [5.74, 6) is -1.61. The van der Waals surface area contributed by atoms with Gasteiger partial charge in [-0.2, -0.15) is 0 Å². The molecule has 0 atom stereocenters. The summed E-state index contributed by atoms with van der Waals surface area (Å²) in [6.07, 6.45) is 0.894. The van der Waals surface area contributed by atoms with Crippen molar-refractivity contribution in [1.29, 1.82) is 0 Å². The summed E-state index contributed by atoms with van der Waals surface area (Å²) in [5, 5.41) is 13.8. The Labute approximate surface area is 148 Å². The van der Waals surface area contributed by atoms with E-state index in [2.05, 4.69) is 46.7 Å². The fourth-order valence-corrected chi connectivity index (χ4v) is 3.28. The number of hydrogen-bond donors (Lipinski definition) is 1. The number of halogens is 2. The van der Waals surface area contributed by atoms with Crippen LogP contribution in [-0.4, -0.2) is 31.1 Å². The second-order valence-electron chi connectivity index (χ2n) is 4.14. The van der Waals surface area contributed by atoms with Gasteiger partial charge < -0.3 is 14.8 Å². The SMILES string of the molecule is COC(=O)/C=C(/Nc1c(Br)cc(Br)c([N+](=O)[O-])c1C)C(=O)OC. The van der Waals surface area contributed by atoms with Crippen molar-refractivity contribution < 1.29 is 24.0 Å². The van der Waals surface area contributed by atoms with E-state index in [9.17, 15) is 19.7 Å². The second-order valence-corrected chi connectivity index (χ2v) is 5.85. The first kappa shape index (κ1) is 19.1. The van der Waals surface area contributed by atoms with Crippen molar-refractivity contribution in [2.75, 3.05) is 19.5 Å². The number of carbonyl (C=O) groups is 2. The first-order valence-electron chi connectivity index (χ1n) is 6.00. The third-order valence-electron chi connectivity index (χ3n) is 2.76. The molecule has 0 unspecified atom stereocenters.